The maximum atomic E-state index is 12.8. The summed E-state index contributed by atoms with van der Waals surface area (Å²) in [5.41, 5.74) is -2.23. The zero-order valence-electron chi connectivity index (χ0n) is 12.1. The van der Waals surface area contributed by atoms with Gasteiger partial charge in [0, 0.05) is 26.7 Å². The van der Waals surface area contributed by atoms with Crippen molar-refractivity contribution >= 4 is 6.03 Å². The molecule has 2 fully saturated rings. The van der Waals surface area contributed by atoms with Crippen molar-refractivity contribution in [2.24, 2.45) is 0 Å². The van der Waals surface area contributed by atoms with Crippen LogP contribution >= 0.6 is 0 Å². The van der Waals surface area contributed by atoms with Crippen molar-refractivity contribution in [3.8, 4) is 0 Å². The van der Waals surface area contributed by atoms with Gasteiger partial charge in [0.25, 0.3) is 0 Å². The summed E-state index contributed by atoms with van der Waals surface area (Å²) < 4.78 is 48.4. The third kappa shape index (κ3) is 3.41. The van der Waals surface area contributed by atoms with Gasteiger partial charge in [-0.05, 0) is 7.05 Å². The van der Waals surface area contributed by atoms with Crippen molar-refractivity contribution in [2.45, 2.75) is 17.9 Å². The molecule has 0 spiro atoms. The number of methoxy groups -OCH3 is 1. The van der Waals surface area contributed by atoms with Crippen molar-refractivity contribution in [2.75, 3.05) is 53.5 Å². The normalized spacial score (nSPS) is 26.3. The first-order valence-corrected chi connectivity index (χ1v) is 6.72. The number of halogens is 3. The van der Waals surface area contributed by atoms with Gasteiger partial charge in [-0.15, -0.1) is 0 Å². The number of urea groups is 1. The van der Waals surface area contributed by atoms with Crippen LogP contribution in [0, 0.1) is 0 Å². The second-order valence-corrected chi connectivity index (χ2v) is 5.49. The Morgan fingerprint density at radius 3 is 2.67 bits per heavy atom. The molecule has 0 saturated carbocycles. The highest BCUT2D eigenvalue weighted by Crippen LogP contribution is 2.40. The van der Waals surface area contributed by atoms with Gasteiger partial charge in [0.15, 0.2) is 5.60 Å². The zero-order chi connectivity index (χ0) is 15.7. The average Bonchev–Trinajstić information content (AvgIpc) is 2.34. The molecule has 0 aromatic carbocycles. The molecule has 1 atom stereocenters. The van der Waals surface area contributed by atoms with Crippen molar-refractivity contribution < 1.29 is 27.4 Å². The maximum absolute atomic E-state index is 12.8. The number of carbonyl (C=O) groups excluding carboxylic acids is 1. The molecule has 2 amide bonds. The molecule has 2 saturated heterocycles. The van der Waals surface area contributed by atoms with E-state index >= 15 is 0 Å². The molecule has 2 aliphatic heterocycles. The number of alkyl halides is 3. The van der Waals surface area contributed by atoms with Crippen LogP contribution in [0.1, 0.15) is 0 Å². The monoisotopic (exact) mass is 311 g/mol. The number of morpholine rings is 1. The van der Waals surface area contributed by atoms with E-state index in [1.165, 1.54) is 0 Å². The number of nitrogens with zero attached hydrogens (tertiary/aromatic N) is 2. The van der Waals surface area contributed by atoms with E-state index in [1.54, 1.807) is 0 Å². The topological polar surface area (TPSA) is 54.0 Å². The molecule has 122 valence electrons. The first-order valence-electron chi connectivity index (χ1n) is 6.72. The number of likely N-dealkylation sites (N-methyl/N-ethyl adjacent to an activating group) is 1. The maximum Gasteiger partial charge on any atom is 0.420 e. The standard InChI is InChI=1S/C12H20F3N3O3/c1-17-3-4-21-9(6-17)5-16-10(19)18-7-11(8-18,20-2)12(13,14)15/h9H,3-8H2,1-2H3,(H,16,19). The van der Waals surface area contributed by atoms with Gasteiger partial charge in [0.1, 0.15) is 0 Å². The van der Waals surface area contributed by atoms with Gasteiger partial charge in [0.2, 0.25) is 0 Å². The lowest BCUT2D eigenvalue weighted by Gasteiger charge is -2.49. The summed E-state index contributed by atoms with van der Waals surface area (Å²) >= 11 is 0. The van der Waals surface area contributed by atoms with Crippen LogP contribution in [0.15, 0.2) is 0 Å². The van der Waals surface area contributed by atoms with Crippen LogP contribution in [-0.4, -0.2) is 87.2 Å². The van der Waals surface area contributed by atoms with Gasteiger partial charge in [-0.25, -0.2) is 4.79 Å². The van der Waals surface area contributed by atoms with Crippen molar-refractivity contribution in [3.05, 3.63) is 0 Å². The molecule has 2 heterocycles. The van der Waals surface area contributed by atoms with Gasteiger partial charge < -0.3 is 24.6 Å². The third-order valence-corrected chi connectivity index (χ3v) is 3.91. The molecule has 0 aliphatic carbocycles. The van der Waals surface area contributed by atoms with Gasteiger partial charge in [-0.3, -0.25) is 0 Å². The molecular formula is C12H20F3N3O3. The second kappa shape index (κ2) is 5.98. The molecule has 21 heavy (non-hydrogen) atoms. The van der Waals surface area contributed by atoms with E-state index in [0.717, 1.165) is 18.6 Å². The summed E-state index contributed by atoms with van der Waals surface area (Å²) in [5.74, 6) is 0. The SMILES string of the molecule is COC1(C(F)(F)F)CN(C(=O)NCC2CN(C)CCO2)C1. The fourth-order valence-corrected chi connectivity index (χ4v) is 2.44. The van der Waals surface area contributed by atoms with Crippen LogP contribution in [0.2, 0.25) is 0 Å². The van der Waals surface area contributed by atoms with E-state index in [0.29, 0.717) is 13.2 Å². The Kier molecular flexibility index (Phi) is 4.64. The number of rotatable bonds is 3. The third-order valence-electron chi connectivity index (χ3n) is 3.91. The Labute approximate surface area is 121 Å². The molecule has 2 aliphatic rings. The smallest absolute Gasteiger partial charge is 0.374 e. The lowest BCUT2D eigenvalue weighted by atomic mass is 9.93. The van der Waals surface area contributed by atoms with Gasteiger partial charge in [-0.2, -0.15) is 13.2 Å². The minimum absolute atomic E-state index is 0.135. The number of ether oxygens (including phenoxy) is 2. The van der Waals surface area contributed by atoms with Crippen molar-refractivity contribution in [3.63, 3.8) is 0 Å². The first kappa shape index (κ1) is 16.3. The first-order chi connectivity index (χ1) is 9.77. The summed E-state index contributed by atoms with van der Waals surface area (Å²) in [6.45, 7) is 1.42. The Balaban J connectivity index is 1.76. The van der Waals surface area contributed by atoms with Crippen LogP contribution < -0.4 is 5.32 Å². The average molecular weight is 311 g/mol. The number of carbonyl (C=O) groups is 1. The minimum atomic E-state index is -4.48. The Hall–Kier alpha value is -1.06. The van der Waals surface area contributed by atoms with Crippen LogP contribution in [-0.2, 0) is 9.47 Å². The molecule has 1 N–H and O–H groups in total. The lowest BCUT2D eigenvalue weighted by Crippen LogP contribution is -2.72. The van der Waals surface area contributed by atoms with Crippen LogP contribution in [0.3, 0.4) is 0 Å². The van der Waals surface area contributed by atoms with Gasteiger partial charge in [0.05, 0.1) is 25.8 Å². The largest absolute Gasteiger partial charge is 0.420 e. The van der Waals surface area contributed by atoms with Gasteiger partial charge >= 0.3 is 12.2 Å². The number of nitrogens with one attached hydrogen (secondary N) is 1. The van der Waals surface area contributed by atoms with Crippen molar-refractivity contribution in [1.29, 1.82) is 0 Å². The molecular weight excluding hydrogens is 291 g/mol. The van der Waals surface area contributed by atoms with E-state index in [1.807, 2.05) is 7.05 Å². The zero-order valence-corrected chi connectivity index (χ0v) is 12.1. The Morgan fingerprint density at radius 2 is 2.14 bits per heavy atom. The molecule has 2 rings (SSSR count). The van der Waals surface area contributed by atoms with E-state index in [9.17, 15) is 18.0 Å². The van der Waals surface area contributed by atoms with Gasteiger partial charge in [-0.1, -0.05) is 0 Å². The quantitative estimate of drug-likeness (QED) is 0.814. The molecule has 0 radical (unpaired) electrons. The van der Waals surface area contributed by atoms with E-state index in [-0.39, 0.29) is 12.6 Å². The highest BCUT2D eigenvalue weighted by molar-refractivity contribution is 5.75. The molecule has 0 aromatic rings. The summed E-state index contributed by atoms with van der Waals surface area (Å²) in [7, 11) is 2.96. The molecule has 6 nitrogen and oxygen atoms in total. The Bertz CT molecular complexity index is 386. The number of amides is 2. The van der Waals surface area contributed by atoms with E-state index in [4.69, 9.17) is 4.74 Å². The number of likely N-dealkylation sites (tertiary alicyclic amines) is 1. The van der Waals surface area contributed by atoms with E-state index < -0.39 is 30.9 Å². The predicted molar refractivity (Wildman–Crippen MR) is 68.0 cm³/mol. The van der Waals surface area contributed by atoms with E-state index in [2.05, 4.69) is 15.0 Å². The Morgan fingerprint density at radius 1 is 1.48 bits per heavy atom. The number of hydrogen-bond acceptors (Lipinski definition) is 4. The fraction of sp³-hybridized carbons (Fsp3) is 0.917. The van der Waals surface area contributed by atoms with Crippen LogP contribution in [0.25, 0.3) is 0 Å². The molecule has 1 unspecified atom stereocenters. The highest BCUT2D eigenvalue weighted by atomic mass is 19.4. The predicted octanol–water partition coefficient (Wildman–Crippen LogP) is 0.290. The summed E-state index contributed by atoms with van der Waals surface area (Å²) in [6, 6.07) is -0.524. The summed E-state index contributed by atoms with van der Waals surface area (Å²) in [6.07, 6.45) is -4.61. The number of hydrogen-bond donors (Lipinski definition) is 1. The molecule has 0 bridgehead atoms. The van der Waals surface area contributed by atoms with Crippen molar-refractivity contribution in [1.82, 2.24) is 15.1 Å². The minimum Gasteiger partial charge on any atom is -0.374 e. The van der Waals surface area contributed by atoms with Crippen LogP contribution in [0.4, 0.5) is 18.0 Å². The molecule has 0 aromatic heterocycles. The molecule has 9 heteroatoms. The highest BCUT2D eigenvalue weighted by Gasteiger charge is 2.63. The van der Waals surface area contributed by atoms with Crippen LogP contribution in [0.5, 0.6) is 0 Å². The second-order valence-electron chi connectivity index (χ2n) is 5.49. The summed E-state index contributed by atoms with van der Waals surface area (Å²) in [5, 5.41) is 2.60. The fourth-order valence-electron chi connectivity index (χ4n) is 2.44. The summed E-state index contributed by atoms with van der Waals surface area (Å²) in [4.78, 5) is 15.0. The lowest BCUT2D eigenvalue weighted by molar-refractivity contribution is -0.303.